The van der Waals surface area contributed by atoms with Gasteiger partial charge in [0, 0.05) is 59.1 Å². The van der Waals surface area contributed by atoms with Crippen molar-refractivity contribution in [2.45, 2.75) is 19.3 Å². The number of thiophene rings is 1. The maximum absolute atomic E-state index is 2.41. The molecule has 2 nitrogen and oxygen atoms in total. The molecule has 3 heteroatoms. The molecule has 0 N–H and O–H groups in total. The highest BCUT2D eigenvalue weighted by atomic mass is 32.1. The van der Waals surface area contributed by atoms with Crippen molar-refractivity contribution >= 4 is 70.4 Å². The van der Waals surface area contributed by atoms with Gasteiger partial charge in [0.2, 0.25) is 0 Å². The number of aromatic nitrogens is 1. The second-order valence-electron chi connectivity index (χ2n) is 15.0. The molecule has 11 rings (SSSR count). The van der Waals surface area contributed by atoms with E-state index in [4.69, 9.17) is 0 Å². The maximum Gasteiger partial charge on any atom is 0.0541 e. The topological polar surface area (TPSA) is 8.17 Å². The van der Waals surface area contributed by atoms with E-state index in [2.05, 4.69) is 205 Å². The molecular formula is C51H36N2S. The summed E-state index contributed by atoms with van der Waals surface area (Å²) >= 11 is 1.89. The predicted molar refractivity (Wildman–Crippen MR) is 231 cm³/mol. The Morgan fingerprint density at radius 1 is 0.444 bits per heavy atom. The monoisotopic (exact) mass is 708 g/mol. The van der Waals surface area contributed by atoms with Crippen molar-refractivity contribution in [3.05, 3.63) is 193 Å². The molecule has 0 atom stereocenters. The fourth-order valence-corrected chi connectivity index (χ4v) is 10.2. The average Bonchev–Trinajstić information content (AvgIpc) is 3.84. The number of para-hydroxylation sites is 3. The first-order chi connectivity index (χ1) is 26.5. The second-order valence-corrected chi connectivity index (χ2v) is 16.0. The van der Waals surface area contributed by atoms with Crippen LogP contribution in [0.1, 0.15) is 25.0 Å². The van der Waals surface area contributed by atoms with Crippen LogP contribution in [0.25, 0.3) is 69.9 Å². The van der Waals surface area contributed by atoms with Crippen molar-refractivity contribution in [2.24, 2.45) is 0 Å². The number of hydrogen-bond acceptors (Lipinski definition) is 2. The Balaban J connectivity index is 1.00. The minimum atomic E-state index is -0.0682. The molecule has 0 radical (unpaired) electrons. The van der Waals surface area contributed by atoms with Crippen molar-refractivity contribution < 1.29 is 0 Å². The lowest BCUT2D eigenvalue weighted by Crippen LogP contribution is -2.16. The summed E-state index contributed by atoms with van der Waals surface area (Å²) in [5.41, 5.74) is 15.0. The van der Waals surface area contributed by atoms with Gasteiger partial charge in [0.25, 0.3) is 0 Å². The molecule has 0 bridgehead atoms. The standard InChI is InChI=1S/C51H36N2S/c1-51(2)45-20-9-6-15-39(45)40-29-27-37(32-46(40)51)52(34-13-4-3-5-14-34)35-25-23-33(24-26-35)38-18-12-19-43-44-31-36(28-30-49(44)54-50(38)43)53-47-21-10-7-16-41(47)42-17-8-11-22-48(42)53/h3-32H,1-2H3. The van der Waals surface area contributed by atoms with Gasteiger partial charge in [-0.25, -0.2) is 0 Å². The van der Waals surface area contributed by atoms with Crippen molar-refractivity contribution in [3.8, 4) is 27.9 Å². The van der Waals surface area contributed by atoms with E-state index >= 15 is 0 Å². The molecule has 0 fully saturated rings. The van der Waals surface area contributed by atoms with Gasteiger partial charge in [-0.15, -0.1) is 11.3 Å². The van der Waals surface area contributed by atoms with Crippen LogP contribution in [0.5, 0.6) is 0 Å². The lowest BCUT2D eigenvalue weighted by Gasteiger charge is -2.28. The summed E-state index contributed by atoms with van der Waals surface area (Å²) in [6, 6.07) is 67.0. The summed E-state index contributed by atoms with van der Waals surface area (Å²) in [6.07, 6.45) is 0. The van der Waals surface area contributed by atoms with Crippen LogP contribution in [0.3, 0.4) is 0 Å². The lowest BCUT2D eigenvalue weighted by atomic mass is 9.82. The maximum atomic E-state index is 2.41. The SMILES string of the molecule is CC1(C)c2ccccc2-c2ccc(N(c3ccccc3)c3ccc(-c4cccc5c4sc4ccc(-n6c7ccccc7c7ccccc76)cc45)cc3)cc21. The Morgan fingerprint density at radius 3 is 1.83 bits per heavy atom. The molecule has 8 aromatic carbocycles. The zero-order valence-electron chi connectivity index (χ0n) is 30.1. The van der Waals surface area contributed by atoms with Crippen LogP contribution in [0, 0.1) is 0 Å². The Morgan fingerprint density at radius 2 is 1.06 bits per heavy atom. The van der Waals surface area contributed by atoms with Crippen LogP contribution < -0.4 is 4.90 Å². The third kappa shape index (κ3) is 4.58. The molecule has 0 saturated heterocycles. The minimum absolute atomic E-state index is 0.0682. The quantitative estimate of drug-likeness (QED) is 0.173. The first-order valence-corrected chi connectivity index (χ1v) is 19.5. The van der Waals surface area contributed by atoms with Gasteiger partial charge in [-0.1, -0.05) is 129 Å². The normalized spacial score (nSPS) is 13.1. The Kier molecular flexibility index (Phi) is 6.80. The number of hydrogen-bond donors (Lipinski definition) is 0. The highest BCUT2D eigenvalue weighted by Crippen LogP contribution is 2.51. The van der Waals surface area contributed by atoms with Gasteiger partial charge < -0.3 is 9.47 Å². The first-order valence-electron chi connectivity index (χ1n) is 18.7. The van der Waals surface area contributed by atoms with E-state index in [1.165, 1.54) is 86.7 Å². The molecule has 1 aliphatic carbocycles. The van der Waals surface area contributed by atoms with Crippen molar-refractivity contribution in [1.82, 2.24) is 4.57 Å². The highest BCUT2D eigenvalue weighted by molar-refractivity contribution is 7.26. The first kappa shape index (κ1) is 31.1. The molecule has 0 spiro atoms. The molecule has 256 valence electrons. The van der Waals surface area contributed by atoms with Gasteiger partial charge in [-0.3, -0.25) is 0 Å². The lowest BCUT2D eigenvalue weighted by molar-refractivity contribution is 0.660. The summed E-state index contributed by atoms with van der Waals surface area (Å²) in [6.45, 7) is 4.70. The van der Waals surface area contributed by atoms with E-state index in [0.717, 1.165) is 11.4 Å². The largest absolute Gasteiger partial charge is 0.310 e. The van der Waals surface area contributed by atoms with Gasteiger partial charge in [0.1, 0.15) is 0 Å². The van der Waals surface area contributed by atoms with E-state index in [9.17, 15) is 0 Å². The molecule has 1 aliphatic rings. The summed E-state index contributed by atoms with van der Waals surface area (Å²) in [4.78, 5) is 2.39. The van der Waals surface area contributed by atoms with Crippen molar-refractivity contribution in [2.75, 3.05) is 4.90 Å². The fourth-order valence-electron chi connectivity index (χ4n) is 9.00. The molecule has 2 heterocycles. The number of nitrogens with zero attached hydrogens (tertiary/aromatic N) is 2. The van der Waals surface area contributed by atoms with Crippen LogP contribution in [0.15, 0.2) is 182 Å². The predicted octanol–water partition coefficient (Wildman–Crippen LogP) is 14.6. The molecule has 54 heavy (non-hydrogen) atoms. The molecule has 2 aromatic heterocycles. The number of rotatable bonds is 5. The van der Waals surface area contributed by atoms with Gasteiger partial charge >= 0.3 is 0 Å². The van der Waals surface area contributed by atoms with Gasteiger partial charge in [-0.05, 0) is 100 Å². The fraction of sp³-hybridized carbons (Fsp3) is 0.0588. The van der Waals surface area contributed by atoms with Crippen LogP contribution in [-0.4, -0.2) is 4.57 Å². The number of anilines is 3. The van der Waals surface area contributed by atoms with Crippen LogP contribution in [0.4, 0.5) is 17.1 Å². The van der Waals surface area contributed by atoms with E-state index in [-0.39, 0.29) is 5.41 Å². The van der Waals surface area contributed by atoms with Gasteiger partial charge in [-0.2, -0.15) is 0 Å². The van der Waals surface area contributed by atoms with E-state index in [1.807, 2.05) is 11.3 Å². The second kappa shape index (κ2) is 11.8. The summed E-state index contributed by atoms with van der Waals surface area (Å²) in [5.74, 6) is 0. The summed E-state index contributed by atoms with van der Waals surface area (Å²) < 4.78 is 5.03. The van der Waals surface area contributed by atoms with Crippen molar-refractivity contribution in [3.63, 3.8) is 0 Å². The number of fused-ring (bicyclic) bond motifs is 9. The van der Waals surface area contributed by atoms with Crippen LogP contribution in [0.2, 0.25) is 0 Å². The molecule has 0 amide bonds. The zero-order chi connectivity index (χ0) is 36.0. The number of benzene rings is 8. The Hall–Kier alpha value is -6.42. The molecule has 10 aromatic rings. The molecule has 0 aliphatic heterocycles. The highest BCUT2D eigenvalue weighted by Gasteiger charge is 2.35. The van der Waals surface area contributed by atoms with Gasteiger partial charge in [0.05, 0.1) is 11.0 Å². The van der Waals surface area contributed by atoms with E-state index in [0.29, 0.717) is 0 Å². The van der Waals surface area contributed by atoms with Crippen LogP contribution >= 0.6 is 11.3 Å². The van der Waals surface area contributed by atoms with E-state index in [1.54, 1.807) is 0 Å². The Labute approximate surface area is 318 Å². The van der Waals surface area contributed by atoms with Gasteiger partial charge in [0.15, 0.2) is 0 Å². The Bertz CT molecular complexity index is 3020. The third-order valence-electron chi connectivity index (χ3n) is 11.6. The molecular weight excluding hydrogens is 673 g/mol. The van der Waals surface area contributed by atoms with Crippen LogP contribution in [-0.2, 0) is 5.41 Å². The summed E-state index contributed by atoms with van der Waals surface area (Å²) in [7, 11) is 0. The smallest absolute Gasteiger partial charge is 0.0541 e. The third-order valence-corrected chi connectivity index (χ3v) is 12.8. The van der Waals surface area contributed by atoms with Crippen molar-refractivity contribution in [1.29, 1.82) is 0 Å². The van der Waals surface area contributed by atoms with E-state index < -0.39 is 0 Å². The molecule has 0 unspecified atom stereocenters. The minimum Gasteiger partial charge on any atom is -0.310 e. The average molecular weight is 709 g/mol. The summed E-state index contributed by atoms with van der Waals surface area (Å²) in [5, 5.41) is 5.16. The zero-order valence-corrected chi connectivity index (χ0v) is 30.9. The molecule has 0 saturated carbocycles.